The standard InChI is InChI=1S/C11H21F3N2OS/c1-8(2)5-9(7-15)6-10(17)16-3-4-18-11(12,13)14/h8-9H,3-7,15H2,1-2H3,(H,16,17). The van der Waals surface area contributed by atoms with Crippen molar-refractivity contribution < 1.29 is 18.0 Å². The SMILES string of the molecule is CC(C)CC(CN)CC(=O)NCCSC(F)(F)F. The molecule has 18 heavy (non-hydrogen) atoms. The molecule has 0 bridgehead atoms. The van der Waals surface area contributed by atoms with E-state index in [1.165, 1.54) is 0 Å². The number of halogens is 3. The van der Waals surface area contributed by atoms with E-state index in [2.05, 4.69) is 5.32 Å². The van der Waals surface area contributed by atoms with Gasteiger partial charge in [0.2, 0.25) is 5.91 Å². The number of hydrogen-bond donors (Lipinski definition) is 2. The zero-order valence-corrected chi connectivity index (χ0v) is 11.5. The fourth-order valence-electron chi connectivity index (χ4n) is 1.62. The monoisotopic (exact) mass is 286 g/mol. The molecule has 0 heterocycles. The second-order valence-corrected chi connectivity index (χ2v) is 5.74. The lowest BCUT2D eigenvalue weighted by Crippen LogP contribution is -2.30. The Labute approximate surface area is 110 Å². The molecule has 1 unspecified atom stereocenters. The van der Waals surface area contributed by atoms with Gasteiger partial charge in [-0.1, -0.05) is 13.8 Å². The molecule has 0 aromatic heterocycles. The summed E-state index contributed by atoms with van der Waals surface area (Å²) >= 11 is -0.129. The Kier molecular flexibility index (Phi) is 8.43. The lowest BCUT2D eigenvalue weighted by Gasteiger charge is -2.16. The molecule has 0 aromatic carbocycles. The Bertz CT molecular complexity index is 247. The zero-order chi connectivity index (χ0) is 14.2. The first kappa shape index (κ1) is 17.6. The van der Waals surface area contributed by atoms with Crippen LogP contribution in [-0.4, -0.2) is 30.3 Å². The average Bonchev–Trinajstić information content (AvgIpc) is 2.21. The first-order valence-electron chi connectivity index (χ1n) is 5.92. The molecule has 0 radical (unpaired) electrons. The number of amides is 1. The molecule has 108 valence electrons. The summed E-state index contributed by atoms with van der Waals surface area (Å²) in [5.41, 5.74) is 1.31. The highest BCUT2D eigenvalue weighted by Crippen LogP contribution is 2.29. The molecule has 0 saturated carbocycles. The van der Waals surface area contributed by atoms with Crippen LogP contribution < -0.4 is 11.1 Å². The second-order valence-electron chi connectivity index (χ2n) is 4.58. The van der Waals surface area contributed by atoms with Gasteiger partial charge in [-0.15, -0.1) is 0 Å². The largest absolute Gasteiger partial charge is 0.441 e. The van der Waals surface area contributed by atoms with Gasteiger partial charge in [0.05, 0.1) is 0 Å². The summed E-state index contributed by atoms with van der Waals surface area (Å²) < 4.78 is 35.5. The highest BCUT2D eigenvalue weighted by Gasteiger charge is 2.27. The maximum atomic E-state index is 11.8. The van der Waals surface area contributed by atoms with Gasteiger partial charge in [-0.3, -0.25) is 4.79 Å². The van der Waals surface area contributed by atoms with Gasteiger partial charge in [0.1, 0.15) is 0 Å². The number of nitrogens with one attached hydrogen (secondary N) is 1. The summed E-state index contributed by atoms with van der Waals surface area (Å²) in [7, 11) is 0. The molecular formula is C11H21F3N2OS. The molecule has 0 rings (SSSR count). The number of carbonyl (C=O) groups is 1. The van der Waals surface area contributed by atoms with Crippen LogP contribution in [0.5, 0.6) is 0 Å². The van der Waals surface area contributed by atoms with Crippen molar-refractivity contribution in [3.05, 3.63) is 0 Å². The van der Waals surface area contributed by atoms with Crippen molar-refractivity contribution >= 4 is 17.7 Å². The first-order valence-corrected chi connectivity index (χ1v) is 6.90. The van der Waals surface area contributed by atoms with Gasteiger partial charge in [0, 0.05) is 18.7 Å². The second kappa shape index (κ2) is 8.63. The molecule has 3 N–H and O–H groups in total. The van der Waals surface area contributed by atoms with Crippen LogP contribution in [0.3, 0.4) is 0 Å². The van der Waals surface area contributed by atoms with Crippen LogP contribution in [0, 0.1) is 11.8 Å². The van der Waals surface area contributed by atoms with Crippen molar-refractivity contribution in [2.45, 2.75) is 32.2 Å². The highest BCUT2D eigenvalue weighted by molar-refractivity contribution is 8.00. The molecule has 0 aliphatic rings. The topological polar surface area (TPSA) is 55.1 Å². The van der Waals surface area contributed by atoms with Gasteiger partial charge in [-0.05, 0) is 36.6 Å². The Hall–Kier alpha value is -0.430. The fraction of sp³-hybridized carbons (Fsp3) is 0.909. The van der Waals surface area contributed by atoms with Gasteiger partial charge in [-0.2, -0.15) is 13.2 Å². The van der Waals surface area contributed by atoms with E-state index in [-0.39, 0.29) is 42.3 Å². The Morgan fingerprint density at radius 2 is 2.00 bits per heavy atom. The molecule has 0 aromatic rings. The van der Waals surface area contributed by atoms with Gasteiger partial charge in [0.15, 0.2) is 0 Å². The Morgan fingerprint density at radius 1 is 1.39 bits per heavy atom. The number of alkyl halides is 3. The number of thioether (sulfide) groups is 1. The maximum absolute atomic E-state index is 11.8. The molecule has 0 aliphatic heterocycles. The van der Waals surface area contributed by atoms with Crippen LogP contribution in [0.25, 0.3) is 0 Å². The predicted octanol–water partition coefficient (Wildman–Crippen LogP) is 2.37. The van der Waals surface area contributed by atoms with E-state index in [9.17, 15) is 18.0 Å². The molecular weight excluding hydrogens is 265 g/mol. The van der Waals surface area contributed by atoms with Crippen LogP contribution in [-0.2, 0) is 4.79 Å². The Morgan fingerprint density at radius 3 is 2.44 bits per heavy atom. The van der Waals surface area contributed by atoms with Crippen LogP contribution >= 0.6 is 11.8 Å². The van der Waals surface area contributed by atoms with Crippen LogP contribution in [0.4, 0.5) is 13.2 Å². The van der Waals surface area contributed by atoms with Gasteiger partial charge < -0.3 is 11.1 Å². The molecule has 7 heteroatoms. The third-order valence-corrected chi connectivity index (χ3v) is 3.04. The fourth-order valence-corrected chi connectivity index (χ4v) is 2.06. The van der Waals surface area contributed by atoms with Crippen molar-refractivity contribution in [3.63, 3.8) is 0 Å². The van der Waals surface area contributed by atoms with Crippen molar-refractivity contribution in [3.8, 4) is 0 Å². The van der Waals surface area contributed by atoms with Crippen molar-refractivity contribution in [2.24, 2.45) is 17.6 Å². The van der Waals surface area contributed by atoms with Crippen LogP contribution in [0.2, 0.25) is 0 Å². The van der Waals surface area contributed by atoms with Crippen molar-refractivity contribution in [2.75, 3.05) is 18.8 Å². The zero-order valence-electron chi connectivity index (χ0n) is 10.7. The van der Waals surface area contributed by atoms with E-state index < -0.39 is 5.51 Å². The summed E-state index contributed by atoms with van der Waals surface area (Å²) in [6, 6.07) is 0. The summed E-state index contributed by atoms with van der Waals surface area (Å²) in [5, 5.41) is 2.48. The summed E-state index contributed by atoms with van der Waals surface area (Å²) in [6.07, 6.45) is 1.13. The highest BCUT2D eigenvalue weighted by atomic mass is 32.2. The molecule has 1 atom stereocenters. The predicted molar refractivity (Wildman–Crippen MR) is 68.1 cm³/mol. The minimum absolute atomic E-state index is 0.0297. The van der Waals surface area contributed by atoms with E-state index in [1.807, 2.05) is 13.8 Å². The van der Waals surface area contributed by atoms with Gasteiger partial charge in [0.25, 0.3) is 0 Å². The number of nitrogens with two attached hydrogens (primary N) is 1. The van der Waals surface area contributed by atoms with Crippen LogP contribution in [0.1, 0.15) is 26.7 Å². The van der Waals surface area contributed by atoms with Crippen molar-refractivity contribution in [1.29, 1.82) is 0 Å². The van der Waals surface area contributed by atoms with E-state index >= 15 is 0 Å². The lowest BCUT2D eigenvalue weighted by atomic mass is 9.94. The summed E-state index contributed by atoms with van der Waals surface area (Å²) in [6.45, 7) is 4.53. The first-order chi connectivity index (χ1) is 8.24. The van der Waals surface area contributed by atoms with E-state index in [4.69, 9.17) is 5.73 Å². The molecule has 1 amide bonds. The summed E-state index contributed by atoms with van der Waals surface area (Å²) in [5.74, 6) is 0.161. The van der Waals surface area contributed by atoms with Crippen LogP contribution in [0.15, 0.2) is 0 Å². The summed E-state index contributed by atoms with van der Waals surface area (Å²) in [4.78, 5) is 11.5. The molecule has 0 spiro atoms. The van der Waals surface area contributed by atoms with E-state index in [1.54, 1.807) is 0 Å². The molecule has 0 fully saturated rings. The van der Waals surface area contributed by atoms with E-state index in [0.29, 0.717) is 12.5 Å². The minimum atomic E-state index is -4.23. The number of carbonyl (C=O) groups excluding carboxylic acids is 1. The average molecular weight is 286 g/mol. The lowest BCUT2D eigenvalue weighted by molar-refractivity contribution is -0.121. The van der Waals surface area contributed by atoms with E-state index in [0.717, 1.165) is 6.42 Å². The quantitative estimate of drug-likeness (QED) is 0.674. The third-order valence-electron chi connectivity index (χ3n) is 2.30. The Balaban J connectivity index is 3.75. The van der Waals surface area contributed by atoms with Crippen molar-refractivity contribution in [1.82, 2.24) is 5.32 Å². The number of rotatable bonds is 8. The molecule has 3 nitrogen and oxygen atoms in total. The maximum Gasteiger partial charge on any atom is 0.441 e. The molecule has 0 aliphatic carbocycles. The van der Waals surface area contributed by atoms with Gasteiger partial charge in [-0.25, -0.2) is 0 Å². The smallest absolute Gasteiger partial charge is 0.355 e. The molecule has 0 saturated heterocycles. The number of hydrogen-bond acceptors (Lipinski definition) is 3. The van der Waals surface area contributed by atoms with Gasteiger partial charge >= 0.3 is 5.51 Å². The minimum Gasteiger partial charge on any atom is -0.355 e. The normalized spacial score (nSPS) is 13.7. The third kappa shape index (κ3) is 10.7.